The number of nitrogens with zero attached hydrogens (tertiary/aromatic N) is 1. The van der Waals surface area contributed by atoms with Crippen LogP contribution in [-0.4, -0.2) is 36.2 Å². The van der Waals surface area contributed by atoms with Gasteiger partial charge in [0, 0.05) is 40.2 Å². The monoisotopic (exact) mass is 422 g/mol. The number of hydrogen-bond donors (Lipinski definition) is 1. The Labute approximate surface area is 175 Å². The van der Waals surface area contributed by atoms with E-state index in [4.69, 9.17) is 23.2 Å². The first-order valence-corrected chi connectivity index (χ1v) is 11.1. The van der Waals surface area contributed by atoms with Crippen molar-refractivity contribution in [2.45, 2.75) is 25.1 Å². The van der Waals surface area contributed by atoms with Crippen LogP contribution in [0.5, 0.6) is 0 Å². The van der Waals surface area contributed by atoms with Crippen molar-refractivity contribution in [3.05, 3.63) is 69.2 Å². The van der Waals surface area contributed by atoms with Gasteiger partial charge in [-0.1, -0.05) is 41.4 Å². The number of carbonyl (C=O) groups is 1. The zero-order chi connectivity index (χ0) is 19.1. The Balaban J connectivity index is 1.37. The van der Waals surface area contributed by atoms with E-state index in [-0.39, 0.29) is 5.91 Å². The standard InChI is InChI=1S/C21H24Cl2N2OS/c22-19-8-7-18(20(23)13-19)15-27-12-9-24-21(26)17-5-3-16(4-6-17)14-25-10-1-2-11-25/h3-8,13H,1-2,9-12,14-15H2,(H,24,26). The van der Waals surface area contributed by atoms with Gasteiger partial charge in [0.25, 0.3) is 5.91 Å². The van der Waals surface area contributed by atoms with E-state index in [0.29, 0.717) is 22.2 Å². The lowest BCUT2D eigenvalue weighted by Crippen LogP contribution is -2.25. The summed E-state index contributed by atoms with van der Waals surface area (Å²) in [6.45, 7) is 3.97. The fourth-order valence-electron chi connectivity index (χ4n) is 3.12. The van der Waals surface area contributed by atoms with Crippen molar-refractivity contribution >= 4 is 40.9 Å². The molecule has 3 nitrogen and oxygen atoms in total. The molecule has 0 radical (unpaired) electrons. The highest BCUT2D eigenvalue weighted by Gasteiger charge is 2.12. The average Bonchev–Trinajstić information content (AvgIpc) is 3.16. The zero-order valence-corrected chi connectivity index (χ0v) is 17.5. The Morgan fingerprint density at radius 3 is 2.52 bits per heavy atom. The zero-order valence-electron chi connectivity index (χ0n) is 15.2. The normalized spacial score (nSPS) is 14.4. The smallest absolute Gasteiger partial charge is 0.251 e. The topological polar surface area (TPSA) is 32.3 Å². The van der Waals surface area contributed by atoms with Gasteiger partial charge in [-0.2, -0.15) is 11.8 Å². The lowest BCUT2D eigenvalue weighted by molar-refractivity contribution is 0.0956. The fourth-order valence-corrected chi connectivity index (χ4v) is 4.54. The van der Waals surface area contributed by atoms with E-state index in [1.54, 1.807) is 17.8 Å². The van der Waals surface area contributed by atoms with E-state index in [2.05, 4.69) is 22.3 Å². The Kier molecular flexibility index (Phi) is 7.89. The molecule has 6 heteroatoms. The molecule has 1 saturated heterocycles. The first kappa shape index (κ1) is 20.5. The SMILES string of the molecule is O=C(NCCSCc1ccc(Cl)cc1Cl)c1ccc(CN2CCCC2)cc1. The van der Waals surface area contributed by atoms with Gasteiger partial charge in [-0.15, -0.1) is 0 Å². The van der Waals surface area contributed by atoms with Gasteiger partial charge in [0.15, 0.2) is 0 Å². The predicted octanol–water partition coefficient (Wildman–Crippen LogP) is 5.25. The molecular formula is C21H24Cl2N2OS. The van der Waals surface area contributed by atoms with Crippen LogP contribution in [0.4, 0.5) is 0 Å². The number of carbonyl (C=O) groups excluding carboxylic acids is 1. The second-order valence-electron chi connectivity index (χ2n) is 6.72. The summed E-state index contributed by atoms with van der Waals surface area (Å²) in [6, 6.07) is 13.5. The molecule has 1 aliphatic heterocycles. The Hall–Kier alpha value is -1.20. The molecule has 2 aromatic rings. The van der Waals surface area contributed by atoms with Gasteiger partial charge in [0.2, 0.25) is 0 Å². The van der Waals surface area contributed by atoms with Crippen LogP contribution < -0.4 is 5.32 Å². The third kappa shape index (κ3) is 6.42. The molecule has 1 amide bonds. The van der Waals surface area contributed by atoms with Crippen molar-refractivity contribution in [3.63, 3.8) is 0 Å². The molecule has 0 aromatic heterocycles. The number of amides is 1. The lowest BCUT2D eigenvalue weighted by atomic mass is 10.1. The quantitative estimate of drug-likeness (QED) is 0.589. The maximum atomic E-state index is 12.3. The predicted molar refractivity (Wildman–Crippen MR) is 116 cm³/mol. The summed E-state index contributed by atoms with van der Waals surface area (Å²) >= 11 is 13.8. The molecule has 0 bridgehead atoms. The third-order valence-corrected chi connectivity index (χ3v) is 6.22. The first-order chi connectivity index (χ1) is 13.1. The second-order valence-corrected chi connectivity index (χ2v) is 8.67. The molecule has 0 saturated carbocycles. The minimum Gasteiger partial charge on any atom is -0.351 e. The average molecular weight is 423 g/mol. The van der Waals surface area contributed by atoms with Crippen molar-refractivity contribution in [2.24, 2.45) is 0 Å². The molecule has 1 N–H and O–H groups in total. The van der Waals surface area contributed by atoms with Gasteiger partial charge >= 0.3 is 0 Å². The van der Waals surface area contributed by atoms with E-state index < -0.39 is 0 Å². The third-order valence-electron chi connectivity index (χ3n) is 4.63. The van der Waals surface area contributed by atoms with Crippen LogP contribution in [0, 0.1) is 0 Å². The molecule has 1 aliphatic rings. The number of nitrogens with one attached hydrogen (secondary N) is 1. The summed E-state index contributed by atoms with van der Waals surface area (Å²) in [5.41, 5.74) is 3.04. The highest BCUT2D eigenvalue weighted by molar-refractivity contribution is 7.98. The van der Waals surface area contributed by atoms with Crippen molar-refractivity contribution in [1.82, 2.24) is 10.2 Å². The van der Waals surface area contributed by atoms with Crippen molar-refractivity contribution in [1.29, 1.82) is 0 Å². The number of rotatable bonds is 8. The van der Waals surface area contributed by atoms with E-state index in [0.717, 1.165) is 23.6 Å². The molecule has 2 aromatic carbocycles. The summed E-state index contributed by atoms with van der Waals surface area (Å²) in [5, 5.41) is 4.31. The summed E-state index contributed by atoms with van der Waals surface area (Å²) in [5.74, 6) is 1.61. The van der Waals surface area contributed by atoms with Crippen LogP contribution in [0.1, 0.15) is 34.3 Å². The van der Waals surface area contributed by atoms with Crippen LogP contribution in [0.25, 0.3) is 0 Å². The van der Waals surface area contributed by atoms with Crippen molar-refractivity contribution in [2.75, 3.05) is 25.4 Å². The minimum absolute atomic E-state index is 0.0205. The van der Waals surface area contributed by atoms with Crippen LogP contribution >= 0.6 is 35.0 Å². The summed E-state index contributed by atoms with van der Waals surface area (Å²) in [4.78, 5) is 14.7. The summed E-state index contributed by atoms with van der Waals surface area (Å²) in [6.07, 6.45) is 2.59. The highest BCUT2D eigenvalue weighted by atomic mass is 35.5. The molecule has 27 heavy (non-hydrogen) atoms. The van der Waals surface area contributed by atoms with Gasteiger partial charge in [-0.25, -0.2) is 0 Å². The Morgan fingerprint density at radius 2 is 1.81 bits per heavy atom. The largest absolute Gasteiger partial charge is 0.351 e. The molecule has 0 spiro atoms. The van der Waals surface area contributed by atoms with Gasteiger partial charge in [-0.05, 0) is 61.3 Å². The first-order valence-electron chi connectivity index (χ1n) is 9.23. The molecule has 0 aliphatic carbocycles. The van der Waals surface area contributed by atoms with Crippen LogP contribution in [-0.2, 0) is 12.3 Å². The Morgan fingerprint density at radius 1 is 1.07 bits per heavy atom. The number of thioether (sulfide) groups is 1. The highest BCUT2D eigenvalue weighted by Crippen LogP contribution is 2.24. The van der Waals surface area contributed by atoms with Crippen molar-refractivity contribution < 1.29 is 4.79 Å². The van der Waals surface area contributed by atoms with Gasteiger partial charge in [0.1, 0.15) is 0 Å². The minimum atomic E-state index is -0.0205. The maximum absolute atomic E-state index is 12.3. The molecule has 0 atom stereocenters. The summed E-state index contributed by atoms with van der Waals surface area (Å²) in [7, 11) is 0. The van der Waals surface area contributed by atoms with Gasteiger partial charge in [0.05, 0.1) is 0 Å². The van der Waals surface area contributed by atoms with Crippen LogP contribution in [0.2, 0.25) is 10.0 Å². The van der Waals surface area contributed by atoms with Gasteiger partial charge in [-0.3, -0.25) is 9.69 Å². The van der Waals surface area contributed by atoms with E-state index in [1.807, 2.05) is 24.3 Å². The van der Waals surface area contributed by atoms with E-state index >= 15 is 0 Å². The summed E-state index contributed by atoms with van der Waals surface area (Å²) < 4.78 is 0. The van der Waals surface area contributed by atoms with Crippen LogP contribution in [0.15, 0.2) is 42.5 Å². The number of hydrogen-bond acceptors (Lipinski definition) is 3. The lowest BCUT2D eigenvalue weighted by Gasteiger charge is -2.14. The molecule has 144 valence electrons. The Bertz CT molecular complexity index is 761. The number of halogens is 2. The second kappa shape index (κ2) is 10.4. The van der Waals surface area contributed by atoms with Crippen LogP contribution in [0.3, 0.4) is 0 Å². The molecule has 0 unspecified atom stereocenters. The van der Waals surface area contributed by atoms with Gasteiger partial charge < -0.3 is 5.32 Å². The van der Waals surface area contributed by atoms with E-state index in [1.165, 1.54) is 31.5 Å². The molecule has 1 heterocycles. The molecule has 3 rings (SSSR count). The van der Waals surface area contributed by atoms with E-state index in [9.17, 15) is 4.79 Å². The molecule has 1 fully saturated rings. The maximum Gasteiger partial charge on any atom is 0.251 e. The number of benzene rings is 2. The molecular weight excluding hydrogens is 399 g/mol. The fraction of sp³-hybridized carbons (Fsp3) is 0.381. The number of likely N-dealkylation sites (tertiary alicyclic amines) is 1. The van der Waals surface area contributed by atoms with Crippen molar-refractivity contribution in [3.8, 4) is 0 Å².